The summed E-state index contributed by atoms with van der Waals surface area (Å²) in [7, 11) is 0. The van der Waals surface area contributed by atoms with Crippen LogP contribution in [0.15, 0.2) is 48.6 Å². The molecule has 1 atom stereocenters. The van der Waals surface area contributed by atoms with Crippen LogP contribution in [0.2, 0.25) is 0 Å². The Hall–Kier alpha value is -2.63. The number of carbonyl (C=O) groups excluding carboxylic acids is 3. The Morgan fingerprint density at radius 3 is 1.03 bits per heavy atom. The van der Waals surface area contributed by atoms with Gasteiger partial charge < -0.3 is 14.2 Å². The molecule has 0 aromatic carbocycles. The monoisotopic (exact) mass is 925 g/mol. The van der Waals surface area contributed by atoms with Crippen molar-refractivity contribution >= 4 is 17.9 Å². The van der Waals surface area contributed by atoms with Crippen molar-refractivity contribution in [3.8, 4) is 0 Å². The Labute approximate surface area is 409 Å². The lowest BCUT2D eigenvalue weighted by molar-refractivity contribution is -0.166. The van der Waals surface area contributed by atoms with Crippen molar-refractivity contribution in [2.45, 2.75) is 303 Å². The van der Waals surface area contributed by atoms with Gasteiger partial charge in [-0.05, 0) is 64.2 Å². The lowest BCUT2D eigenvalue weighted by Gasteiger charge is -2.18. The molecule has 384 valence electrons. The SMILES string of the molecule is CCCCCCCC/C=C/C/C=C/CCC(=O)OCC(COC(=O)CCCCCCCCCCCCCCCCCCCCC)OC(=O)CCCCC/C=C/C=C/CCCCCCCCC. The van der Waals surface area contributed by atoms with E-state index in [-0.39, 0.29) is 44.0 Å². The van der Waals surface area contributed by atoms with Crippen molar-refractivity contribution in [2.75, 3.05) is 13.2 Å². The lowest BCUT2D eigenvalue weighted by Crippen LogP contribution is -2.30. The zero-order valence-corrected chi connectivity index (χ0v) is 44.0. The second kappa shape index (κ2) is 55.0. The molecule has 0 heterocycles. The minimum Gasteiger partial charge on any atom is -0.462 e. The normalized spacial score (nSPS) is 12.3. The summed E-state index contributed by atoms with van der Waals surface area (Å²) in [6.07, 6.45) is 66.9. The number of allylic oxidation sites excluding steroid dienone is 8. The molecule has 0 radical (unpaired) electrons. The minimum absolute atomic E-state index is 0.0980. The van der Waals surface area contributed by atoms with Crippen LogP contribution in [0.3, 0.4) is 0 Å². The van der Waals surface area contributed by atoms with Crippen LogP contribution < -0.4 is 0 Å². The van der Waals surface area contributed by atoms with Crippen LogP contribution in [0.1, 0.15) is 297 Å². The fourth-order valence-electron chi connectivity index (χ4n) is 8.25. The smallest absolute Gasteiger partial charge is 0.306 e. The number of esters is 3. The van der Waals surface area contributed by atoms with Crippen molar-refractivity contribution in [1.29, 1.82) is 0 Å². The molecule has 0 rings (SSSR count). The van der Waals surface area contributed by atoms with Gasteiger partial charge in [0.1, 0.15) is 13.2 Å². The summed E-state index contributed by atoms with van der Waals surface area (Å²) >= 11 is 0. The molecule has 0 aliphatic rings. The number of unbranched alkanes of at least 4 members (excludes halogenated alkanes) is 34. The highest BCUT2D eigenvalue weighted by atomic mass is 16.6. The van der Waals surface area contributed by atoms with Crippen LogP contribution in [0, 0.1) is 0 Å². The van der Waals surface area contributed by atoms with Crippen molar-refractivity contribution in [3.63, 3.8) is 0 Å². The summed E-state index contributed by atoms with van der Waals surface area (Å²) in [6, 6.07) is 0. The van der Waals surface area contributed by atoms with Gasteiger partial charge in [-0.15, -0.1) is 0 Å². The van der Waals surface area contributed by atoms with Gasteiger partial charge in [0.15, 0.2) is 6.10 Å². The largest absolute Gasteiger partial charge is 0.462 e. The summed E-state index contributed by atoms with van der Waals surface area (Å²) in [6.45, 7) is 6.58. The van der Waals surface area contributed by atoms with Crippen LogP contribution in [0.5, 0.6) is 0 Å². The Morgan fingerprint density at radius 2 is 0.621 bits per heavy atom. The molecule has 0 aliphatic heterocycles. The molecule has 0 aliphatic carbocycles. The van der Waals surface area contributed by atoms with E-state index < -0.39 is 6.10 Å². The average Bonchev–Trinajstić information content (AvgIpc) is 3.31. The number of carbonyl (C=O) groups is 3. The van der Waals surface area contributed by atoms with Crippen molar-refractivity contribution in [2.24, 2.45) is 0 Å². The molecule has 0 N–H and O–H groups in total. The molecular weight excluding hydrogens is 817 g/mol. The van der Waals surface area contributed by atoms with E-state index in [0.29, 0.717) is 12.8 Å². The molecule has 0 fully saturated rings. The van der Waals surface area contributed by atoms with E-state index in [2.05, 4.69) is 63.3 Å². The zero-order chi connectivity index (χ0) is 47.9. The fourth-order valence-corrected chi connectivity index (χ4v) is 8.25. The van der Waals surface area contributed by atoms with Gasteiger partial charge >= 0.3 is 17.9 Å². The van der Waals surface area contributed by atoms with Crippen LogP contribution >= 0.6 is 0 Å². The first kappa shape index (κ1) is 63.4. The molecule has 0 bridgehead atoms. The Bertz CT molecular complexity index is 1150. The molecular formula is C60H108O6. The van der Waals surface area contributed by atoms with Crippen LogP contribution in [-0.2, 0) is 28.6 Å². The second-order valence-corrected chi connectivity index (χ2v) is 19.2. The summed E-state index contributed by atoms with van der Waals surface area (Å²) in [5, 5.41) is 0. The number of hydrogen-bond donors (Lipinski definition) is 0. The van der Waals surface area contributed by atoms with E-state index in [1.165, 1.54) is 186 Å². The molecule has 1 unspecified atom stereocenters. The van der Waals surface area contributed by atoms with Gasteiger partial charge in [0.25, 0.3) is 0 Å². The molecule has 66 heavy (non-hydrogen) atoms. The van der Waals surface area contributed by atoms with E-state index in [1.807, 2.05) is 6.08 Å². The van der Waals surface area contributed by atoms with E-state index in [4.69, 9.17) is 14.2 Å². The van der Waals surface area contributed by atoms with Crippen molar-refractivity contribution in [3.05, 3.63) is 48.6 Å². The Balaban J connectivity index is 4.40. The third kappa shape index (κ3) is 52.3. The number of ether oxygens (including phenoxy) is 3. The van der Waals surface area contributed by atoms with Gasteiger partial charge in [-0.2, -0.15) is 0 Å². The van der Waals surface area contributed by atoms with Gasteiger partial charge in [0.05, 0.1) is 0 Å². The summed E-state index contributed by atoms with van der Waals surface area (Å²) in [5.41, 5.74) is 0. The average molecular weight is 926 g/mol. The molecule has 0 saturated heterocycles. The molecule has 6 heteroatoms. The number of rotatable bonds is 52. The molecule has 0 amide bonds. The first-order chi connectivity index (χ1) is 32.5. The van der Waals surface area contributed by atoms with Gasteiger partial charge in [-0.3, -0.25) is 14.4 Å². The second-order valence-electron chi connectivity index (χ2n) is 19.2. The first-order valence-electron chi connectivity index (χ1n) is 28.7. The number of hydrogen-bond acceptors (Lipinski definition) is 6. The van der Waals surface area contributed by atoms with E-state index in [9.17, 15) is 14.4 Å². The summed E-state index contributed by atoms with van der Waals surface area (Å²) < 4.78 is 16.8. The quantitative estimate of drug-likeness (QED) is 0.0199. The van der Waals surface area contributed by atoms with E-state index in [0.717, 1.165) is 64.2 Å². The van der Waals surface area contributed by atoms with Gasteiger partial charge in [0.2, 0.25) is 0 Å². The Kier molecular flexibility index (Phi) is 52.8. The fraction of sp³-hybridized carbons (Fsp3) is 0.817. The van der Waals surface area contributed by atoms with Gasteiger partial charge in [-0.1, -0.05) is 262 Å². The molecule has 0 spiro atoms. The zero-order valence-electron chi connectivity index (χ0n) is 44.0. The maximum atomic E-state index is 12.8. The summed E-state index contributed by atoms with van der Waals surface area (Å²) in [5.74, 6) is -0.983. The lowest BCUT2D eigenvalue weighted by atomic mass is 10.0. The predicted molar refractivity (Wildman–Crippen MR) is 284 cm³/mol. The maximum Gasteiger partial charge on any atom is 0.306 e. The van der Waals surface area contributed by atoms with E-state index in [1.54, 1.807) is 0 Å². The topological polar surface area (TPSA) is 78.9 Å². The third-order valence-corrected chi connectivity index (χ3v) is 12.6. The highest BCUT2D eigenvalue weighted by molar-refractivity contribution is 5.71. The molecule has 0 aromatic rings. The highest BCUT2D eigenvalue weighted by Crippen LogP contribution is 2.16. The minimum atomic E-state index is -0.807. The Morgan fingerprint density at radius 1 is 0.318 bits per heavy atom. The third-order valence-electron chi connectivity index (χ3n) is 12.6. The van der Waals surface area contributed by atoms with Gasteiger partial charge in [-0.25, -0.2) is 0 Å². The van der Waals surface area contributed by atoms with E-state index >= 15 is 0 Å². The highest BCUT2D eigenvalue weighted by Gasteiger charge is 2.19. The van der Waals surface area contributed by atoms with Crippen molar-refractivity contribution in [1.82, 2.24) is 0 Å². The predicted octanol–water partition coefficient (Wildman–Crippen LogP) is 19.0. The standard InChI is InChI=1S/C60H108O6/c1-4-7-10-13-16-19-22-25-27-29-30-31-33-35-38-41-44-47-50-53-59(62)65-56-57(55-64-58(61)52-49-46-43-40-37-34-24-21-18-15-12-9-6-3)66-60(63)54-51-48-45-42-39-36-32-28-26-23-20-17-14-11-8-5-2/h28,32,34,36-37,39,43,46,57H,4-27,29-31,33,35,38,40-42,44-45,47-56H2,1-3H3/b32-28+,37-34+,39-36+,46-43+. The van der Waals surface area contributed by atoms with Crippen LogP contribution in [-0.4, -0.2) is 37.2 Å². The summed E-state index contributed by atoms with van der Waals surface area (Å²) in [4.78, 5) is 38.0. The molecule has 6 nitrogen and oxygen atoms in total. The van der Waals surface area contributed by atoms with Gasteiger partial charge in [0, 0.05) is 19.3 Å². The maximum absolute atomic E-state index is 12.8. The molecule has 0 saturated carbocycles. The van der Waals surface area contributed by atoms with Crippen LogP contribution in [0.4, 0.5) is 0 Å². The van der Waals surface area contributed by atoms with Crippen molar-refractivity contribution < 1.29 is 28.6 Å². The first-order valence-corrected chi connectivity index (χ1v) is 28.7. The molecule has 0 aromatic heterocycles. The van der Waals surface area contributed by atoms with Crippen LogP contribution in [0.25, 0.3) is 0 Å².